The van der Waals surface area contributed by atoms with E-state index in [4.69, 9.17) is 15.1 Å². The third-order valence-electron chi connectivity index (χ3n) is 5.74. The highest BCUT2D eigenvalue weighted by Gasteiger charge is 2.25. The first-order chi connectivity index (χ1) is 14.4. The van der Waals surface area contributed by atoms with E-state index in [1.807, 2.05) is 49.4 Å². The van der Waals surface area contributed by atoms with Crippen LogP contribution in [0.4, 0.5) is 5.82 Å². The number of carbonyl (C=O) groups is 1. The molecule has 3 heterocycles. The lowest BCUT2D eigenvalue weighted by Crippen LogP contribution is -2.37. The number of amides is 1. The average molecular weight is 407 g/mol. The molecule has 0 N–H and O–H groups in total. The maximum Gasteiger partial charge on any atom is 0.225 e. The summed E-state index contributed by atoms with van der Waals surface area (Å²) in [6.07, 6.45) is 0.925. The highest BCUT2D eigenvalue weighted by Crippen LogP contribution is 2.30. The number of fused-ring (bicyclic) bond motifs is 1. The van der Waals surface area contributed by atoms with Crippen LogP contribution in [0.5, 0.6) is 0 Å². The van der Waals surface area contributed by atoms with E-state index in [1.165, 1.54) is 0 Å². The molecule has 1 aliphatic heterocycles. The van der Waals surface area contributed by atoms with Crippen LogP contribution >= 0.6 is 0 Å². The van der Waals surface area contributed by atoms with Gasteiger partial charge in [0.15, 0.2) is 5.65 Å². The average Bonchev–Trinajstić information content (AvgIpc) is 2.89. The zero-order valence-corrected chi connectivity index (χ0v) is 18.5. The van der Waals surface area contributed by atoms with Gasteiger partial charge < -0.3 is 9.80 Å². The minimum absolute atomic E-state index is 0.0270. The highest BCUT2D eigenvalue weighted by molar-refractivity contribution is 5.91. The maximum absolute atomic E-state index is 12.5. The van der Waals surface area contributed by atoms with Crippen LogP contribution < -0.4 is 4.90 Å². The van der Waals surface area contributed by atoms with Gasteiger partial charge in [0.1, 0.15) is 11.6 Å². The molecule has 2 aromatic heterocycles. The summed E-state index contributed by atoms with van der Waals surface area (Å²) < 4.78 is 1.94. The normalized spacial score (nSPS) is 15.1. The summed E-state index contributed by atoms with van der Waals surface area (Å²) in [5.74, 6) is 1.91. The summed E-state index contributed by atoms with van der Waals surface area (Å²) >= 11 is 0. The van der Waals surface area contributed by atoms with Crippen molar-refractivity contribution < 1.29 is 4.79 Å². The lowest BCUT2D eigenvalue weighted by atomic mass is 10.2. The second-order valence-electron chi connectivity index (χ2n) is 8.40. The third-order valence-corrected chi connectivity index (χ3v) is 5.74. The summed E-state index contributed by atoms with van der Waals surface area (Å²) in [4.78, 5) is 26.3. The second kappa shape index (κ2) is 8.05. The van der Waals surface area contributed by atoms with Crippen LogP contribution in [-0.2, 0) is 4.79 Å². The SMILES string of the molecule is Cc1nc(N2CCCN(C(=O)C(C)C)CC2)c2c(C)nn(-c3ccccc3C)c2n1. The monoisotopic (exact) mass is 406 g/mol. The van der Waals surface area contributed by atoms with Crippen molar-refractivity contribution >= 4 is 22.8 Å². The summed E-state index contributed by atoms with van der Waals surface area (Å²) in [5.41, 5.74) is 3.94. The van der Waals surface area contributed by atoms with Crippen LogP contribution in [0.1, 0.15) is 37.4 Å². The van der Waals surface area contributed by atoms with E-state index in [0.717, 1.165) is 65.7 Å². The molecule has 30 heavy (non-hydrogen) atoms. The summed E-state index contributed by atoms with van der Waals surface area (Å²) in [7, 11) is 0. The van der Waals surface area contributed by atoms with Crippen LogP contribution in [0.15, 0.2) is 24.3 Å². The fourth-order valence-electron chi connectivity index (χ4n) is 4.18. The topological polar surface area (TPSA) is 67.2 Å². The molecule has 0 spiro atoms. The van der Waals surface area contributed by atoms with Gasteiger partial charge in [0.2, 0.25) is 5.91 Å². The van der Waals surface area contributed by atoms with Crippen LogP contribution in [0.25, 0.3) is 16.7 Å². The number of rotatable bonds is 3. The number of para-hydroxylation sites is 1. The van der Waals surface area contributed by atoms with E-state index in [9.17, 15) is 4.79 Å². The molecule has 158 valence electrons. The Hall–Kier alpha value is -2.96. The smallest absolute Gasteiger partial charge is 0.225 e. The van der Waals surface area contributed by atoms with Crippen LogP contribution in [0, 0.1) is 26.7 Å². The lowest BCUT2D eigenvalue weighted by Gasteiger charge is -2.24. The van der Waals surface area contributed by atoms with E-state index in [-0.39, 0.29) is 11.8 Å². The Morgan fingerprint density at radius 1 is 1.00 bits per heavy atom. The Balaban J connectivity index is 1.75. The van der Waals surface area contributed by atoms with Gasteiger partial charge in [-0.25, -0.2) is 14.6 Å². The molecule has 4 rings (SSSR count). The third kappa shape index (κ3) is 3.64. The lowest BCUT2D eigenvalue weighted by molar-refractivity contribution is -0.134. The maximum atomic E-state index is 12.5. The Morgan fingerprint density at radius 2 is 1.77 bits per heavy atom. The molecule has 1 amide bonds. The quantitative estimate of drug-likeness (QED) is 0.667. The zero-order valence-electron chi connectivity index (χ0n) is 18.5. The summed E-state index contributed by atoms with van der Waals surface area (Å²) in [6, 6.07) is 8.21. The second-order valence-corrected chi connectivity index (χ2v) is 8.40. The largest absolute Gasteiger partial charge is 0.354 e. The van der Waals surface area contributed by atoms with Crippen molar-refractivity contribution in [3.63, 3.8) is 0 Å². The Bertz CT molecular complexity index is 1090. The van der Waals surface area contributed by atoms with E-state index in [1.54, 1.807) is 0 Å². The van der Waals surface area contributed by atoms with E-state index < -0.39 is 0 Å². The molecule has 1 aliphatic rings. The number of aryl methyl sites for hydroxylation is 3. The molecule has 1 fully saturated rings. The molecular weight excluding hydrogens is 376 g/mol. The van der Waals surface area contributed by atoms with Crippen molar-refractivity contribution in [1.29, 1.82) is 0 Å². The van der Waals surface area contributed by atoms with E-state index >= 15 is 0 Å². The molecule has 7 heteroatoms. The Labute approximate surface area is 177 Å². The number of benzene rings is 1. The minimum atomic E-state index is 0.0270. The number of hydrogen-bond donors (Lipinski definition) is 0. The molecule has 7 nitrogen and oxygen atoms in total. The Kier molecular flexibility index (Phi) is 5.45. The number of carbonyl (C=O) groups excluding carboxylic acids is 1. The summed E-state index contributed by atoms with van der Waals surface area (Å²) in [5, 5.41) is 5.82. The summed E-state index contributed by atoms with van der Waals surface area (Å²) in [6.45, 7) is 13.1. The first-order valence-electron chi connectivity index (χ1n) is 10.7. The first-order valence-corrected chi connectivity index (χ1v) is 10.7. The van der Waals surface area contributed by atoms with Gasteiger partial charge >= 0.3 is 0 Å². The number of aromatic nitrogens is 4. The molecule has 0 unspecified atom stereocenters. The molecular formula is C23H30N6O. The van der Waals surface area contributed by atoms with Crippen molar-refractivity contribution in [2.75, 3.05) is 31.1 Å². The fourth-order valence-corrected chi connectivity index (χ4v) is 4.18. The molecule has 0 bridgehead atoms. The molecule has 0 radical (unpaired) electrons. The van der Waals surface area contributed by atoms with Gasteiger partial charge in [-0.05, 0) is 38.8 Å². The minimum Gasteiger partial charge on any atom is -0.354 e. The van der Waals surface area contributed by atoms with Crippen LogP contribution in [0.2, 0.25) is 0 Å². The van der Waals surface area contributed by atoms with Gasteiger partial charge in [-0.1, -0.05) is 32.0 Å². The number of hydrogen-bond acceptors (Lipinski definition) is 5. The Morgan fingerprint density at radius 3 is 2.50 bits per heavy atom. The van der Waals surface area contributed by atoms with Gasteiger partial charge in [0, 0.05) is 32.1 Å². The zero-order chi connectivity index (χ0) is 21.4. The first kappa shape index (κ1) is 20.3. The standard InChI is InChI=1S/C23H30N6O/c1-15(2)23(30)28-12-8-11-27(13-14-28)21-20-17(4)26-29(22(20)25-18(5)24-21)19-10-7-6-9-16(19)3/h6-7,9-10,15H,8,11-14H2,1-5H3. The van der Waals surface area contributed by atoms with Crippen LogP contribution in [0.3, 0.4) is 0 Å². The molecule has 1 saturated heterocycles. The van der Waals surface area contributed by atoms with Crippen molar-refractivity contribution in [1.82, 2.24) is 24.6 Å². The fraction of sp³-hybridized carbons (Fsp3) is 0.478. The molecule has 0 aliphatic carbocycles. The number of nitrogens with zero attached hydrogens (tertiary/aromatic N) is 6. The van der Waals surface area contributed by atoms with Gasteiger partial charge in [-0.3, -0.25) is 4.79 Å². The van der Waals surface area contributed by atoms with Crippen molar-refractivity contribution in [3.8, 4) is 5.69 Å². The van der Waals surface area contributed by atoms with Crippen molar-refractivity contribution in [3.05, 3.63) is 41.3 Å². The van der Waals surface area contributed by atoms with E-state index in [2.05, 4.69) is 24.0 Å². The van der Waals surface area contributed by atoms with E-state index in [0.29, 0.717) is 6.54 Å². The van der Waals surface area contributed by atoms with Crippen LogP contribution in [-0.4, -0.2) is 56.7 Å². The predicted octanol–water partition coefficient (Wildman–Crippen LogP) is 3.44. The molecule has 1 aromatic carbocycles. The molecule has 0 atom stereocenters. The van der Waals surface area contributed by atoms with Gasteiger partial charge in [-0.2, -0.15) is 5.10 Å². The van der Waals surface area contributed by atoms with Gasteiger partial charge in [-0.15, -0.1) is 0 Å². The number of anilines is 1. The van der Waals surface area contributed by atoms with Crippen molar-refractivity contribution in [2.24, 2.45) is 5.92 Å². The molecule has 0 saturated carbocycles. The van der Waals surface area contributed by atoms with Crippen molar-refractivity contribution in [2.45, 2.75) is 41.0 Å². The van der Waals surface area contributed by atoms with Gasteiger partial charge in [0.25, 0.3) is 0 Å². The predicted molar refractivity (Wildman–Crippen MR) is 119 cm³/mol. The molecule has 3 aromatic rings. The van der Waals surface area contributed by atoms with Gasteiger partial charge in [0.05, 0.1) is 16.8 Å². The highest BCUT2D eigenvalue weighted by atomic mass is 16.2.